The molecule has 0 bridgehead atoms. The third-order valence-corrected chi connectivity index (χ3v) is 3.87. The van der Waals surface area contributed by atoms with Crippen molar-refractivity contribution in [2.24, 2.45) is 5.92 Å². The van der Waals surface area contributed by atoms with Crippen molar-refractivity contribution in [2.75, 3.05) is 14.2 Å². The summed E-state index contributed by atoms with van der Waals surface area (Å²) in [7, 11) is 3.69. The largest absolute Gasteiger partial charge is 0.481 e. The summed E-state index contributed by atoms with van der Waals surface area (Å²) in [5.41, 5.74) is 2.39. The van der Waals surface area contributed by atoms with Crippen LogP contribution < -0.4 is 10.1 Å². The summed E-state index contributed by atoms with van der Waals surface area (Å²) >= 11 is 0. The lowest BCUT2D eigenvalue weighted by atomic mass is 10.1. The van der Waals surface area contributed by atoms with E-state index in [1.165, 1.54) is 18.4 Å². The average molecular weight is 271 g/mol. The van der Waals surface area contributed by atoms with E-state index in [2.05, 4.69) is 33.3 Å². The number of nitrogens with zero attached hydrogens (tertiary/aromatic N) is 2. The molecule has 0 aliphatic heterocycles. The molecule has 1 fully saturated rings. The lowest BCUT2D eigenvalue weighted by molar-refractivity contribution is 0.396. The van der Waals surface area contributed by atoms with E-state index in [-0.39, 0.29) is 0 Å². The molecule has 2 heterocycles. The van der Waals surface area contributed by atoms with Crippen LogP contribution in [0.3, 0.4) is 0 Å². The maximum absolute atomic E-state index is 5.16. The number of methoxy groups -OCH3 is 1. The first kappa shape index (κ1) is 13.2. The van der Waals surface area contributed by atoms with Crippen LogP contribution in [0.25, 0.3) is 0 Å². The molecule has 3 rings (SSSR count). The molecule has 0 aromatic carbocycles. The Labute approximate surface area is 119 Å². The second-order valence-electron chi connectivity index (χ2n) is 5.39. The van der Waals surface area contributed by atoms with Crippen molar-refractivity contribution >= 4 is 0 Å². The second-order valence-corrected chi connectivity index (χ2v) is 5.39. The van der Waals surface area contributed by atoms with Gasteiger partial charge in [0.25, 0.3) is 0 Å². The highest BCUT2D eigenvalue weighted by Gasteiger charge is 2.31. The highest BCUT2D eigenvalue weighted by atomic mass is 16.5. The molecule has 4 nitrogen and oxygen atoms in total. The standard InChI is InChI=1S/C16H21N3O/c1-17-16(12-6-7-12)13-8-9-19(10-13)11-14-4-3-5-15(18-14)20-2/h3-5,8-10,12,16-17H,6-7,11H2,1-2H3. The fourth-order valence-corrected chi connectivity index (χ4v) is 2.69. The average Bonchev–Trinajstić information content (AvgIpc) is 3.20. The molecule has 1 unspecified atom stereocenters. The Morgan fingerprint density at radius 3 is 2.95 bits per heavy atom. The van der Waals surface area contributed by atoms with Gasteiger partial charge >= 0.3 is 0 Å². The Morgan fingerprint density at radius 1 is 1.40 bits per heavy atom. The van der Waals surface area contributed by atoms with Crippen molar-refractivity contribution in [1.29, 1.82) is 0 Å². The summed E-state index contributed by atoms with van der Waals surface area (Å²) in [6.07, 6.45) is 7.03. The van der Waals surface area contributed by atoms with Gasteiger partial charge in [-0.2, -0.15) is 0 Å². The van der Waals surface area contributed by atoms with Gasteiger partial charge in [-0.3, -0.25) is 0 Å². The molecule has 2 aromatic rings. The van der Waals surface area contributed by atoms with E-state index in [0.717, 1.165) is 18.2 Å². The van der Waals surface area contributed by atoms with Crippen molar-refractivity contribution in [2.45, 2.75) is 25.4 Å². The maximum atomic E-state index is 5.16. The minimum atomic E-state index is 0.495. The van der Waals surface area contributed by atoms with Crippen LogP contribution in [0, 0.1) is 5.92 Å². The number of nitrogens with one attached hydrogen (secondary N) is 1. The van der Waals surface area contributed by atoms with Crippen LogP contribution in [0.5, 0.6) is 5.88 Å². The van der Waals surface area contributed by atoms with Gasteiger partial charge in [0.1, 0.15) is 0 Å². The van der Waals surface area contributed by atoms with Gasteiger partial charge in [-0.15, -0.1) is 0 Å². The Bertz CT molecular complexity index is 575. The third kappa shape index (κ3) is 2.85. The van der Waals surface area contributed by atoms with Gasteiger partial charge < -0.3 is 14.6 Å². The van der Waals surface area contributed by atoms with Crippen molar-refractivity contribution < 1.29 is 4.74 Å². The predicted octanol–water partition coefficient (Wildman–Crippen LogP) is 2.61. The van der Waals surface area contributed by atoms with Gasteiger partial charge in [0.2, 0.25) is 5.88 Å². The molecular formula is C16H21N3O. The number of hydrogen-bond acceptors (Lipinski definition) is 3. The molecule has 0 saturated heterocycles. The van der Waals surface area contributed by atoms with Crippen molar-refractivity contribution in [3.8, 4) is 5.88 Å². The van der Waals surface area contributed by atoms with E-state index in [1.54, 1.807) is 7.11 Å². The number of pyridine rings is 1. The van der Waals surface area contributed by atoms with E-state index in [0.29, 0.717) is 11.9 Å². The topological polar surface area (TPSA) is 39.1 Å². The predicted molar refractivity (Wildman–Crippen MR) is 78.8 cm³/mol. The zero-order chi connectivity index (χ0) is 13.9. The summed E-state index contributed by atoms with van der Waals surface area (Å²) in [6, 6.07) is 8.58. The van der Waals surface area contributed by atoms with Crippen LogP contribution in [-0.2, 0) is 6.54 Å². The first-order valence-electron chi connectivity index (χ1n) is 7.13. The zero-order valence-electron chi connectivity index (χ0n) is 12.0. The van der Waals surface area contributed by atoms with Gasteiger partial charge in [0.15, 0.2) is 0 Å². The van der Waals surface area contributed by atoms with Crippen LogP contribution in [-0.4, -0.2) is 23.7 Å². The Balaban J connectivity index is 1.73. The van der Waals surface area contributed by atoms with Gasteiger partial charge in [0.05, 0.1) is 19.3 Å². The lowest BCUT2D eigenvalue weighted by Crippen LogP contribution is -2.17. The zero-order valence-corrected chi connectivity index (χ0v) is 12.0. The molecule has 106 valence electrons. The van der Waals surface area contributed by atoms with E-state index in [1.807, 2.05) is 25.2 Å². The summed E-state index contributed by atoms with van der Waals surface area (Å²) in [5, 5.41) is 3.43. The molecule has 20 heavy (non-hydrogen) atoms. The summed E-state index contributed by atoms with van der Waals surface area (Å²) in [4.78, 5) is 4.45. The summed E-state index contributed by atoms with van der Waals surface area (Å²) in [5.74, 6) is 1.48. The number of ether oxygens (including phenoxy) is 1. The summed E-state index contributed by atoms with van der Waals surface area (Å²) in [6.45, 7) is 0.776. The van der Waals surface area contributed by atoms with Crippen LogP contribution in [0.15, 0.2) is 36.7 Å². The summed E-state index contributed by atoms with van der Waals surface area (Å²) < 4.78 is 7.35. The number of rotatable bonds is 6. The molecule has 0 spiro atoms. The van der Waals surface area contributed by atoms with E-state index >= 15 is 0 Å². The quantitative estimate of drug-likeness (QED) is 0.878. The van der Waals surface area contributed by atoms with Gasteiger partial charge in [-0.05, 0) is 43.5 Å². The molecule has 1 N–H and O–H groups in total. The second kappa shape index (κ2) is 5.67. The first-order valence-corrected chi connectivity index (χ1v) is 7.13. The van der Waals surface area contributed by atoms with Gasteiger partial charge in [-0.1, -0.05) is 6.07 Å². The Hall–Kier alpha value is -1.81. The third-order valence-electron chi connectivity index (χ3n) is 3.87. The fraction of sp³-hybridized carbons (Fsp3) is 0.438. The van der Waals surface area contributed by atoms with E-state index in [4.69, 9.17) is 4.74 Å². The highest BCUT2D eigenvalue weighted by molar-refractivity contribution is 5.20. The van der Waals surface area contributed by atoms with E-state index < -0.39 is 0 Å². The smallest absolute Gasteiger partial charge is 0.213 e. The van der Waals surface area contributed by atoms with Crippen LogP contribution >= 0.6 is 0 Å². The molecule has 1 atom stereocenters. The first-order chi connectivity index (χ1) is 9.80. The van der Waals surface area contributed by atoms with Crippen LogP contribution in [0.1, 0.15) is 30.1 Å². The normalized spacial score (nSPS) is 16.1. The van der Waals surface area contributed by atoms with Crippen molar-refractivity contribution in [3.05, 3.63) is 47.9 Å². The molecule has 0 amide bonds. The highest BCUT2D eigenvalue weighted by Crippen LogP contribution is 2.40. The number of hydrogen-bond donors (Lipinski definition) is 1. The van der Waals surface area contributed by atoms with Crippen molar-refractivity contribution in [1.82, 2.24) is 14.9 Å². The van der Waals surface area contributed by atoms with Crippen LogP contribution in [0.4, 0.5) is 0 Å². The van der Waals surface area contributed by atoms with Gasteiger partial charge in [-0.25, -0.2) is 4.98 Å². The lowest BCUT2D eigenvalue weighted by Gasteiger charge is -2.13. The monoisotopic (exact) mass is 271 g/mol. The minimum absolute atomic E-state index is 0.495. The maximum Gasteiger partial charge on any atom is 0.213 e. The molecule has 1 aliphatic carbocycles. The fourth-order valence-electron chi connectivity index (χ4n) is 2.69. The Kier molecular flexibility index (Phi) is 3.74. The SMILES string of the molecule is CNC(c1ccn(Cc2cccc(OC)n2)c1)C1CC1. The molecule has 2 aromatic heterocycles. The van der Waals surface area contributed by atoms with Crippen molar-refractivity contribution in [3.63, 3.8) is 0 Å². The molecular weight excluding hydrogens is 250 g/mol. The van der Waals surface area contributed by atoms with Crippen LogP contribution in [0.2, 0.25) is 0 Å². The molecule has 1 aliphatic rings. The Morgan fingerprint density at radius 2 is 2.25 bits per heavy atom. The molecule has 4 heteroatoms. The van der Waals surface area contributed by atoms with E-state index in [9.17, 15) is 0 Å². The van der Waals surface area contributed by atoms with Gasteiger partial charge in [0, 0.05) is 24.5 Å². The number of aromatic nitrogens is 2. The molecule has 1 saturated carbocycles. The minimum Gasteiger partial charge on any atom is -0.481 e. The molecule has 0 radical (unpaired) electrons.